The van der Waals surface area contributed by atoms with Gasteiger partial charge < -0.3 is 19.5 Å². The van der Waals surface area contributed by atoms with Crippen molar-refractivity contribution in [1.29, 1.82) is 0 Å². The van der Waals surface area contributed by atoms with Crippen LogP contribution in [0.4, 0.5) is 0 Å². The lowest BCUT2D eigenvalue weighted by atomic mass is 10.1. The number of aliphatic hydroxyl groups excluding tert-OH is 2. The number of aromatic nitrogens is 4. The van der Waals surface area contributed by atoms with Crippen LogP contribution >= 0.6 is 11.6 Å². The van der Waals surface area contributed by atoms with Crippen LogP contribution in [0, 0.1) is 0 Å². The molecule has 3 atom stereocenters. The Morgan fingerprint density at radius 2 is 1.88 bits per heavy atom. The van der Waals surface area contributed by atoms with E-state index in [2.05, 4.69) is 15.0 Å². The third-order valence-corrected chi connectivity index (χ3v) is 4.73. The van der Waals surface area contributed by atoms with E-state index in [0.717, 1.165) is 5.56 Å². The minimum Gasteiger partial charge on any atom is -0.388 e. The summed E-state index contributed by atoms with van der Waals surface area (Å²) in [5, 5.41) is 21.1. The molecule has 0 amide bonds. The van der Waals surface area contributed by atoms with Gasteiger partial charge >= 0.3 is 0 Å². The van der Waals surface area contributed by atoms with E-state index in [4.69, 9.17) is 16.3 Å². The molecule has 2 aromatic heterocycles. The largest absolute Gasteiger partial charge is 0.388 e. The topological polar surface area (TPSA) is 93.3 Å². The molecule has 7 nitrogen and oxygen atoms in total. The van der Waals surface area contributed by atoms with Crippen molar-refractivity contribution >= 4 is 22.8 Å². The lowest BCUT2D eigenvalue weighted by Gasteiger charge is -2.19. The van der Waals surface area contributed by atoms with Crippen molar-refractivity contribution in [2.24, 2.45) is 0 Å². The second-order valence-corrected chi connectivity index (χ2v) is 6.49. The summed E-state index contributed by atoms with van der Waals surface area (Å²) in [7, 11) is 0. The number of aliphatic hydroxyl groups is 2. The van der Waals surface area contributed by atoms with E-state index in [0.29, 0.717) is 23.3 Å². The zero-order valence-electron chi connectivity index (χ0n) is 13.7. The Hall–Kier alpha value is -2.32. The fourth-order valence-corrected chi connectivity index (χ4v) is 3.28. The molecule has 0 radical (unpaired) electrons. The van der Waals surface area contributed by atoms with Crippen molar-refractivity contribution in [3.05, 3.63) is 65.4 Å². The normalized spacial score (nSPS) is 22.7. The monoisotopic (exact) mass is 372 g/mol. The molecule has 0 bridgehead atoms. The highest BCUT2D eigenvalue weighted by Gasteiger charge is 2.36. The first-order chi connectivity index (χ1) is 12.6. The Bertz CT molecular complexity index is 944. The maximum Gasteiger partial charge on any atom is 0.165 e. The quantitative estimate of drug-likeness (QED) is 0.525. The summed E-state index contributed by atoms with van der Waals surface area (Å²) in [5.74, 6) is 0. The standard InChI is InChI=1S/C18H17ClN4O3/c19-17-14-18(21-9-20-17)23(10-22-14)13-6-12(15(24)16(13)25)8-26-7-11-4-2-1-3-5-11/h1-6,9-10,13,15-16,24-25H,7-8H2/t13-,15-,16+/m1/s1. The number of rotatable bonds is 5. The molecule has 134 valence electrons. The number of hydrogen-bond acceptors (Lipinski definition) is 6. The molecular formula is C18H17ClN4O3. The van der Waals surface area contributed by atoms with Crippen molar-refractivity contribution in [2.75, 3.05) is 6.61 Å². The average Bonchev–Trinajstić information content (AvgIpc) is 3.20. The highest BCUT2D eigenvalue weighted by atomic mass is 35.5. The number of fused-ring (bicyclic) bond motifs is 1. The average molecular weight is 373 g/mol. The van der Waals surface area contributed by atoms with Crippen LogP contribution in [-0.4, -0.2) is 48.5 Å². The van der Waals surface area contributed by atoms with Gasteiger partial charge in [0.2, 0.25) is 0 Å². The molecule has 26 heavy (non-hydrogen) atoms. The summed E-state index contributed by atoms with van der Waals surface area (Å²) in [6.45, 7) is 0.661. The van der Waals surface area contributed by atoms with Crippen LogP contribution in [0.1, 0.15) is 11.6 Å². The molecule has 2 heterocycles. The van der Waals surface area contributed by atoms with Crippen molar-refractivity contribution in [3.8, 4) is 0 Å². The summed E-state index contributed by atoms with van der Waals surface area (Å²) in [6, 6.07) is 9.27. The second kappa shape index (κ2) is 7.13. The predicted octanol–water partition coefficient (Wildman–Crippen LogP) is 1.90. The van der Waals surface area contributed by atoms with Gasteiger partial charge in [-0.1, -0.05) is 48.0 Å². The number of imidazole rings is 1. The van der Waals surface area contributed by atoms with Gasteiger partial charge in [0, 0.05) is 0 Å². The number of benzene rings is 1. The molecule has 0 spiro atoms. The van der Waals surface area contributed by atoms with Crippen LogP contribution in [0.2, 0.25) is 5.15 Å². The van der Waals surface area contributed by atoms with Crippen LogP contribution in [0.5, 0.6) is 0 Å². The Kier molecular flexibility index (Phi) is 4.69. The molecule has 1 aliphatic rings. The molecule has 1 aliphatic carbocycles. The zero-order valence-corrected chi connectivity index (χ0v) is 14.5. The number of hydrogen-bond donors (Lipinski definition) is 2. The summed E-state index contributed by atoms with van der Waals surface area (Å²) < 4.78 is 7.37. The van der Waals surface area contributed by atoms with Crippen molar-refractivity contribution in [2.45, 2.75) is 24.9 Å². The molecule has 8 heteroatoms. The van der Waals surface area contributed by atoms with Gasteiger partial charge in [0.05, 0.1) is 25.6 Å². The van der Waals surface area contributed by atoms with E-state index in [1.165, 1.54) is 12.7 Å². The van der Waals surface area contributed by atoms with Gasteiger partial charge in [-0.05, 0) is 11.1 Å². The number of ether oxygens (including phenoxy) is 1. The molecule has 0 fully saturated rings. The highest BCUT2D eigenvalue weighted by Crippen LogP contribution is 2.32. The third-order valence-electron chi connectivity index (χ3n) is 4.45. The van der Waals surface area contributed by atoms with Gasteiger partial charge in [0.25, 0.3) is 0 Å². The number of halogens is 1. The van der Waals surface area contributed by atoms with Crippen LogP contribution in [0.25, 0.3) is 11.2 Å². The van der Waals surface area contributed by atoms with Crippen molar-refractivity contribution in [1.82, 2.24) is 19.5 Å². The molecule has 1 aromatic carbocycles. The second-order valence-electron chi connectivity index (χ2n) is 6.13. The molecular weight excluding hydrogens is 356 g/mol. The van der Waals surface area contributed by atoms with Gasteiger partial charge in [-0.15, -0.1) is 0 Å². The van der Waals surface area contributed by atoms with Gasteiger partial charge in [0.15, 0.2) is 10.8 Å². The van der Waals surface area contributed by atoms with Gasteiger partial charge in [-0.2, -0.15) is 0 Å². The first-order valence-corrected chi connectivity index (χ1v) is 8.54. The Balaban J connectivity index is 1.52. The number of nitrogens with zero attached hydrogens (tertiary/aromatic N) is 4. The Morgan fingerprint density at radius 3 is 2.69 bits per heavy atom. The van der Waals surface area contributed by atoms with Gasteiger partial charge in [0.1, 0.15) is 24.1 Å². The zero-order chi connectivity index (χ0) is 18.1. The van der Waals surface area contributed by atoms with E-state index in [1.807, 2.05) is 30.3 Å². The van der Waals surface area contributed by atoms with Crippen LogP contribution < -0.4 is 0 Å². The molecule has 0 saturated heterocycles. The Labute approximate surface area is 154 Å². The van der Waals surface area contributed by atoms with Crippen LogP contribution in [-0.2, 0) is 11.3 Å². The van der Waals surface area contributed by atoms with E-state index in [1.54, 1.807) is 10.6 Å². The molecule has 0 aliphatic heterocycles. The van der Waals surface area contributed by atoms with Gasteiger partial charge in [-0.25, -0.2) is 15.0 Å². The molecule has 0 saturated carbocycles. The fourth-order valence-electron chi connectivity index (χ4n) is 3.10. The Morgan fingerprint density at radius 1 is 1.08 bits per heavy atom. The lowest BCUT2D eigenvalue weighted by Crippen LogP contribution is -2.30. The summed E-state index contributed by atoms with van der Waals surface area (Å²) in [6.07, 6.45) is 2.64. The molecule has 4 rings (SSSR count). The van der Waals surface area contributed by atoms with Gasteiger partial charge in [-0.3, -0.25) is 0 Å². The first kappa shape index (κ1) is 17.1. The van der Waals surface area contributed by atoms with E-state index >= 15 is 0 Å². The highest BCUT2D eigenvalue weighted by molar-refractivity contribution is 6.33. The molecule has 2 N–H and O–H groups in total. The van der Waals surface area contributed by atoms with E-state index < -0.39 is 18.2 Å². The van der Waals surface area contributed by atoms with Crippen LogP contribution in [0.15, 0.2) is 54.6 Å². The lowest BCUT2D eigenvalue weighted by molar-refractivity contribution is 0.0235. The molecule has 3 aromatic rings. The third kappa shape index (κ3) is 3.10. The fraction of sp³-hybridized carbons (Fsp3) is 0.278. The summed E-state index contributed by atoms with van der Waals surface area (Å²) in [5.41, 5.74) is 2.63. The first-order valence-electron chi connectivity index (χ1n) is 8.16. The summed E-state index contributed by atoms with van der Waals surface area (Å²) >= 11 is 6.02. The van der Waals surface area contributed by atoms with E-state index in [9.17, 15) is 10.2 Å². The minimum atomic E-state index is -1.02. The van der Waals surface area contributed by atoms with E-state index in [-0.39, 0.29) is 11.8 Å². The maximum absolute atomic E-state index is 10.5. The molecule has 0 unspecified atom stereocenters. The maximum atomic E-state index is 10.5. The van der Waals surface area contributed by atoms with Crippen molar-refractivity contribution in [3.63, 3.8) is 0 Å². The SMILES string of the molecule is O[C@@H]1[C@H](O)C(COCc2ccccc2)=C[C@H]1n1cnc2c(Cl)ncnc21. The predicted molar refractivity (Wildman–Crippen MR) is 95.6 cm³/mol. The van der Waals surface area contributed by atoms with Crippen LogP contribution in [0.3, 0.4) is 0 Å². The smallest absolute Gasteiger partial charge is 0.165 e. The minimum absolute atomic E-state index is 0.228. The van der Waals surface area contributed by atoms with Crippen molar-refractivity contribution < 1.29 is 14.9 Å². The summed E-state index contributed by atoms with van der Waals surface area (Å²) in [4.78, 5) is 12.3.